The van der Waals surface area contributed by atoms with Crippen LogP contribution in [0.5, 0.6) is 5.75 Å². The van der Waals surface area contributed by atoms with E-state index in [2.05, 4.69) is 10.9 Å². The van der Waals surface area contributed by atoms with Gasteiger partial charge in [-0.25, -0.2) is 0 Å². The van der Waals surface area contributed by atoms with Gasteiger partial charge in [-0.3, -0.25) is 20.4 Å². The molecule has 6 heteroatoms. The molecule has 26 heavy (non-hydrogen) atoms. The number of halogens is 1. The van der Waals surface area contributed by atoms with E-state index >= 15 is 0 Å². The highest BCUT2D eigenvalue weighted by Crippen LogP contribution is 2.18. The Morgan fingerprint density at radius 1 is 1.08 bits per heavy atom. The van der Waals surface area contributed by atoms with Gasteiger partial charge >= 0.3 is 0 Å². The number of hydrogen-bond acceptors (Lipinski definition) is 3. The fourth-order valence-corrected chi connectivity index (χ4v) is 2.52. The smallest absolute Gasteiger partial charge is 0.279 e. The molecule has 0 saturated carbocycles. The molecule has 0 aromatic heterocycles. The average molecular weight is 375 g/mol. The van der Waals surface area contributed by atoms with Crippen molar-refractivity contribution >= 4 is 23.4 Å². The number of aryl methyl sites for hydroxylation is 3. The SMILES string of the molecule is Cc1ccc(OC(C)C(=O)NNC(=O)CCc2ccccc2Cl)cc1C. The molecule has 0 aliphatic heterocycles. The average Bonchev–Trinajstić information content (AvgIpc) is 2.62. The van der Waals surface area contributed by atoms with Crippen molar-refractivity contribution in [3.63, 3.8) is 0 Å². The summed E-state index contributed by atoms with van der Waals surface area (Å²) in [5.74, 6) is -0.105. The second kappa shape index (κ2) is 9.25. The Labute approximate surface area is 158 Å². The Hall–Kier alpha value is -2.53. The first-order chi connectivity index (χ1) is 12.4. The van der Waals surface area contributed by atoms with Gasteiger partial charge < -0.3 is 4.74 Å². The van der Waals surface area contributed by atoms with Gasteiger partial charge in [0.25, 0.3) is 5.91 Å². The van der Waals surface area contributed by atoms with Crippen LogP contribution in [0.1, 0.15) is 30.0 Å². The van der Waals surface area contributed by atoms with E-state index in [9.17, 15) is 9.59 Å². The number of benzene rings is 2. The van der Waals surface area contributed by atoms with Crippen LogP contribution in [0.2, 0.25) is 5.02 Å². The molecule has 138 valence electrons. The van der Waals surface area contributed by atoms with Crippen LogP contribution in [0.4, 0.5) is 0 Å². The third kappa shape index (κ3) is 5.77. The van der Waals surface area contributed by atoms with Crippen LogP contribution in [-0.4, -0.2) is 17.9 Å². The first kappa shape index (κ1) is 19.8. The van der Waals surface area contributed by atoms with E-state index in [-0.39, 0.29) is 12.3 Å². The maximum Gasteiger partial charge on any atom is 0.279 e. The van der Waals surface area contributed by atoms with Gasteiger partial charge in [-0.05, 0) is 62.1 Å². The number of hydrazine groups is 1. The van der Waals surface area contributed by atoms with E-state index < -0.39 is 12.0 Å². The molecule has 2 rings (SSSR count). The lowest BCUT2D eigenvalue weighted by Crippen LogP contribution is -2.47. The highest BCUT2D eigenvalue weighted by atomic mass is 35.5. The number of ether oxygens (including phenoxy) is 1. The molecule has 2 amide bonds. The van der Waals surface area contributed by atoms with E-state index in [1.807, 2.05) is 50.2 Å². The van der Waals surface area contributed by atoms with Crippen LogP contribution < -0.4 is 15.6 Å². The predicted octanol–water partition coefficient (Wildman–Crippen LogP) is 3.50. The Bertz CT molecular complexity index is 792. The first-order valence-corrected chi connectivity index (χ1v) is 8.80. The summed E-state index contributed by atoms with van der Waals surface area (Å²) >= 11 is 6.06. The van der Waals surface area contributed by atoms with Crippen molar-refractivity contribution < 1.29 is 14.3 Å². The lowest BCUT2D eigenvalue weighted by molar-refractivity contribution is -0.132. The minimum Gasteiger partial charge on any atom is -0.481 e. The summed E-state index contributed by atoms with van der Waals surface area (Å²) in [4.78, 5) is 23.9. The number of hydrogen-bond donors (Lipinski definition) is 2. The van der Waals surface area contributed by atoms with E-state index in [0.717, 1.165) is 16.7 Å². The molecule has 1 atom stereocenters. The second-order valence-electron chi connectivity index (χ2n) is 6.13. The fraction of sp³-hybridized carbons (Fsp3) is 0.300. The summed E-state index contributed by atoms with van der Waals surface area (Å²) in [5, 5.41) is 0.625. The normalized spacial score (nSPS) is 11.5. The summed E-state index contributed by atoms with van der Waals surface area (Å²) < 4.78 is 5.61. The van der Waals surface area contributed by atoms with Crippen molar-refractivity contribution in [3.05, 3.63) is 64.2 Å². The molecule has 0 saturated heterocycles. The van der Waals surface area contributed by atoms with E-state index in [0.29, 0.717) is 17.2 Å². The zero-order chi connectivity index (χ0) is 19.1. The van der Waals surface area contributed by atoms with Gasteiger partial charge in [-0.1, -0.05) is 35.9 Å². The van der Waals surface area contributed by atoms with Crippen LogP contribution in [-0.2, 0) is 16.0 Å². The topological polar surface area (TPSA) is 67.4 Å². The van der Waals surface area contributed by atoms with Crippen molar-refractivity contribution in [3.8, 4) is 5.75 Å². The molecule has 0 fully saturated rings. The monoisotopic (exact) mass is 374 g/mol. The van der Waals surface area contributed by atoms with Crippen LogP contribution in [0, 0.1) is 13.8 Å². The Morgan fingerprint density at radius 3 is 2.50 bits per heavy atom. The van der Waals surface area contributed by atoms with Crippen molar-refractivity contribution in [2.45, 2.75) is 39.7 Å². The summed E-state index contributed by atoms with van der Waals surface area (Å²) in [6.07, 6.45) is -0.0204. The standard InChI is InChI=1S/C20H23ClN2O3/c1-13-8-10-17(12-14(13)2)26-15(3)20(25)23-22-19(24)11-9-16-6-4-5-7-18(16)21/h4-8,10,12,15H,9,11H2,1-3H3,(H,22,24)(H,23,25). The minimum atomic E-state index is -0.735. The number of nitrogens with one attached hydrogen (secondary N) is 2. The van der Waals surface area contributed by atoms with Gasteiger partial charge in [0.1, 0.15) is 5.75 Å². The summed E-state index contributed by atoms with van der Waals surface area (Å²) in [6.45, 7) is 5.61. The van der Waals surface area contributed by atoms with Gasteiger partial charge in [-0.2, -0.15) is 0 Å². The second-order valence-corrected chi connectivity index (χ2v) is 6.54. The van der Waals surface area contributed by atoms with Crippen molar-refractivity contribution in [2.24, 2.45) is 0 Å². The minimum absolute atomic E-state index is 0.219. The molecule has 0 radical (unpaired) electrons. The number of carbonyl (C=O) groups excluding carboxylic acids is 2. The van der Waals surface area contributed by atoms with E-state index in [1.165, 1.54) is 0 Å². The molecule has 2 N–H and O–H groups in total. The molecule has 0 spiro atoms. The van der Waals surface area contributed by atoms with Gasteiger partial charge in [-0.15, -0.1) is 0 Å². The van der Waals surface area contributed by atoms with Gasteiger partial charge in [0, 0.05) is 11.4 Å². The van der Waals surface area contributed by atoms with Gasteiger partial charge in [0.2, 0.25) is 5.91 Å². The third-order valence-corrected chi connectivity index (χ3v) is 4.43. The van der Waals surface area contributed by atoms with Crippen LogP contribution in [0.25, 0.3) is 0 Å². The summed E-state index contributed by atoms with van der Waals surface area (Å²) in [7, 11) is 0. The number of rotatable bonds is 6. The molecule has 1 unspecified atom stereocenters. The van der Waals surface area contributed by atoms with Crippen LogP contribution in [0.15, 0.2) is 42.5 Å². The summed E-state index contributed by atoms with van der Waals surface area (Å²) in [5.41, 5.74) is 7.91. The Balaban J connectivity index is 1.77. The zero-order valence-electron chi connectivity index (χ0n) is 15.1. The maximum atomic E-state index is 12.1. The lowest BCUT2D eigenvalue weighted by Gasteiger charge is -2.16. The molecule has 0 aliphatic carbocycles. The number of amides is 2. The molecular formula is C20H23ClN2O3. The highest BCUT2D eigenvalue weighted by molar-refractivity contribution is 6.31. The molecule has 2 aromatic rings. The summed E-state index contributed by atoms with van der Waals surface area (Å²) in [6, 6.07) is 13.0. The highest BCUT2D eigenvalue weighted by Gasteiger charge is 2.15. The molecule has 5 nitrogen and oxygen atoms in total. The van der Waals surface area contributed by atoms with E-state index in [1.54, 1.807) is 13.0 Å². The fourth-order valence-electron chi connectivity index (χ4n) is 2.29. The maximum absolute atomic E-state index is 12.1. The first-order valence-electron chi connectivity index (χ1n) is 8.43. The van der Waals surface area contributed by atoms with Crippen LogP contribution in [0.3, 0.4) is 0 Å². The van der Waals surface area contributed by atoms with Gasteiger partial charge in [0.15, 0.2) is 6.10 Å². The third-order valence-electron chi connectivity index (χ3n) is 4.06. The molecule has 2 aromatic carbocycles. The van der Waals surface area contributed by atoms with E-state index in [4.69, 9.17) is 16.3 Å². The van der Waals surface area contributed by atoms with Crippen LogP contribution >= 0.6 is 11.6 Å². The zero-order valence-corrected chi connectivity index (χ0v) is 15.9. The van der Waals surface area contributed by atoms with Crippen molar-refractivity contribution in [2.75, 3.05) is 0 Å². The molecule has 0 aliphatic rings. The van der Waals surface area contributed by atoms with Crippen molar-refractivity contribution in [1.29, 1.82) is 0 Å². The Morgan fingerprint density at radius 2 is 1.81 bits per heavy atom. The molecule has 0 bridgehead atoms. The number of carbonyl (C=O) groups is 2. The Kier molecular flexibility index (Phi) is 7.04. The van der Waals surface area contributed by atoms with Crippen molar-refractivity contribution in [1.82, 2.24) is 10.9 Å². The molecule has 0 heterocycles. The quantitative estimate of drug-likeness (QED) is 0.760. The largest absolute Gasteiger partial charge is 0.481 e. The van der Waals surface area contributed by atoms with Gasteiger partial charge in [0.05, 0.1) is 0 Å². The molecular weight excluding hydrogens is 352 g/mol. The predicted molar refractivity (Wildman–Crippen MR) is 102 cm³/mol. The lowest BCUT2D eigenvalue weighted by atomic mass is 10.1.